The van der Waals surface area contributed by atoms with Gasteiger partial charge in [0, 0.05) is 0 Å². The molecular formula is C12H19NO3. The fourth-order valence-corrected chi connectivity index (χ4v) is 0.910. The van der Waals surface area contributed by atoms with Crippen molar-refractivity contribution in [3.63, 3.8) is 0 Å². The third kappa shape index (κ3) is 5.48. The molecule has 4 nitrogen and oxygen atoms in total. The number of aliphatic hydroxyl groups excluding tert-OH is 1. The highest BCUT2D eigenvalue weighted by atomic mass is 16.5. The SMILES string of the molecule is CC.NC(CO)C(=O)OCc1ccccc1. The van der Waals surface area contributed by atoms with Crippen molar-refractivity contribution < 1.29 is 14.6 Å². The molecule has 0 fully saturated rings. The lowest BCUT2D eigenvalue weighted by atomic mass is 10.2. The number of hydrogen-bond acceptors (Lipinski definition) is 4. The molecule has 0 aliphatic heterocycles. The number of carbonyl (C=O) groups excluding carboxylic acids is 1. The Morgan fingerprint density at radius 2 is 1.94 bits per heavy atom. The average molecular weight is 225 g/mol. The molecule has 3 N–H and O–H groups in total. The van der Waals surface area contributed by atoms with E-state index in [1.165, 1.54) is 0 Å². The van der Waals surface area contributed by atoms with Crippen LogP contribution in [0.2, 0.25) is 0 Å². The largest absolute Gasteiger partial charge is 0.460 e. The summed E-state index contributed by atoms with van der Waals surface area (Å²) in [4.78, 5) is 11.0. The molecule has 4 heteroatoms. The third-order valence-corrected chi connectivity index (χ3v) is 1.72. The lowest BCUT2D eigenvalue weighted by Crippen LogP contribution is -2.35. The highest BCUT2D eigenvalue weighted by Gasteiger charge is 2.12. The van der Waals surface area contributed by atoms with E-state index in [1.807, 2.05) is 44.2 Å². The van der Waals surface area contributed by atoms with Gasteiger partial charge in [-0.3, -0.25) is 4.79 Å². The van der Waals surface area contributed by atoms with Crippen molar-refractivity contribution in [2.45, 2.75) is 26.5 Å². The summed E-state index contributed by atoms with van der Waals surface area (Å²) in [7, 11) is 0. The van der Waals surface area contributed by atoms with Gasteiger partial charge < -0.3 is 15.6 Å². The van der Waals surface area contributed by atoms with Gasteiger partial charge in [-0.2, -0.15) is 0 Å². The molecule has 1 aromatic carbocycles. The number of hydrogen-bond donors (Lipinski definition) is 2. The van der Waals surface area contributed by atoms with Gasteiger partial charge in [0.2, 0.25) is 0 Å². The lowest BCUT2D eigenvalue weighted by molar-refractivity contribution is -0.147. The first-order chi connectivity index (χ1) is 7.74. The summed E-state index contributed by atoms with van der Waals surface area (Å²) in [5.41, 5.74) is 6.15. The van der Waals surface area contributed by atoms with Crippen LogP contribution in [0.4, 0.5) is 0 Å². The molecule has 0 saturated carbocycles. The minimum absolute atomic E-state index is 0.188. The van der Waals surface area contributed by atoms with Crippen molar-refractivity contribution in [2.24, 2.45) is 5.73 Å². The van der Waals surface area contributed by atoms with E-state index in [-0.39, 0.29) is 6.61 Å². The van der Waals surface area contributed by atoms with Crippen LogP contribution < -0.4 is 5.73 Å². The van der Waals surface area contributed by atoms with Crippen LogP contribution in [-0.2, 0) is 16.1 Å². The van der Waals surface area contributed by atoms with Crippen LogP contribution in [0.5, 0.6) is 0 Å². The Labute approximate surface area is 96.0 Å². The molecule has 90 valence electrons. The van der Waals surface area contributed by atoms with Crippen LogP contribution in [-0.4, -0.2) is 23.7 Å². The molecule has 1 aromatic rings. The van der Waals surface area contributed by atoms with Crippen molar-refractivity contribution in [2.75, 3.05) is 6.61 Å². The maximum Gasteiger partial charge on any atom is 0.325 e. The quantitative estimate of drug-likeness (QED) is 0.752. The van der Waals surface area contributed by atoms with Gasteiger partial charge in [0.25, 0.3) is 0 Å². The molecule has 0 aliphatic carbocycles. The van der Waals surface area contributed by atoms with Gasteiger partial charge in [-0.1, -0.05) is 44.2 Å². The van der Waals surface area contributed by atoms with Gasteiger partial charge in [-0.15, -0.1) is 0 Å². The number of esters is 1. The van der Waals surface area contributed by atoms with Crippen molar-refractivity contribution in [3.05, 3.63) is 35.9 Å². The molecule has 0 aliphatic rings. The first kappa shape index (κ1) is 14.6. The van der Waals surface area contributed by atoms with Gasteiger partial charge in [0.1, 0.15) is 12.6 Å². The van der Waals surface area contributed by atoms with E-state index in [1.54, 1.807) is 0 Å². The highest BCUT2D eigenvalue weighted by molar-refractivity contribution is 5.75. The molecule has 0 amide bonds. The standard InChI is InChI=1S/C10H13NO3.C2H6/c11-9(6-12)10(13)14-7-8-4-2-1-3-5-8;1-2/h1-5,9,12H,6-7,11H2;1-2H3. The maximum atomic E-state index is 11.0. The Balaban J connectivity index is 0.00000106. The van der Waals surface area contributed by atoms with Crippen molar-refractivity contribution in [1.82, 2.24) is 0 Å². The van der Waals surface area contributed by atoms with Crippen molar-refractivity contribution in [1.29, 1.82) is 0 Å². The normalized spacial score (nSPS) is 11.0. The predicted molar refractivity (Wildman–Crippen MR) is 62.6 cm³/mol. The maximum absolute atomic E-state index is 11.0. The summed E-state index contributed by atoms with van der Waals surface area (Å²) in [6.07, 6.45) is 0. The minimum Gasteiger partial charge on any atom is -0.460 e. The molecule has 0 heterocycles. The molecule has 0 saturated heterocycles. The van der Waals surface area contributed by atoms with E-state index < -0.39 is 18.6 Å². The average Bonchev–Trinajstić information content (AvgIpc) is 2.38. The van der Waals surface area contributed by atoms with E-state index in [2.05, 4.69) is 0 Å². The van der Waals surface area contributed by atoms with E-state index in [4.69, 9.17) is 15.6 Å². The summed E-state index contributed by atoms with van der Waals surface area (Å²) in [5.74, 6) is -0.587. The zero-order valence-corrected chi connectivity index (χ0v) is 9.72. The molecule has 16 heavy (non-hydrogen) atoms. The van der Waals surface area contributed by atoms with Crippen LogP contribution in [0.1, 0.15) is 19.4 Å². The number of benzene rings is 1. The molecular weight excluding hydrogens is 206 g/mol. The Morgan fingerprint density at radius 3 is 2.44 bits per heavy atom. The third-order valence-electron chi connectivity index (χ3n) is 1.72. The summed E-state index contributed by atoms with van der Waals surface area (Å²) in [5, 5.41) is 8.58. The molecule has 1 unspecified atom stereocenters. The van der Waals surface area contributed by atoms with Gasteiger partial charge in [-0.25, -0.2) is 0 Å². The summed E-state index contributed by atoms with van der Waals surface area (Å²) < 4.78 is 4.86. The fraction of sp³-hybridized carbons (Fsp3) is 0.417. The van der Waals surface area contributed by atoms with Crippen molar-refractivity contribution >= 4 is 5.97 Å². The first-order valence-corrected chi connectivity index (χ1v) is 5.31. The molecule has 1 rings (SSSR count). The van der Waals surface area contributed by atoms with E-state index in [0.29, 0.717) is 0 Å². The summed E-state index contributed by atoms with van der Waals surface area (Å²) in [6.45, 7) is 3.79. The van der Waals surface area contributed by atoms with Crippen LogP contribution in [0.15, 0.2) is 30.3 Å². The number of ether oxygens (including phenoxy) is 1. The second-order valence-electron chi connectivity index (χ2n) is 2.88. The topological polar surface area (TPSA) is 72.5 Å². The molecule has 0 aromatic heterocycles. The molecule has 0 bridgehead atoms. The van der Waals surface area contributed by atoms with Gasteiger partial charge in [0.05, 0.1) is 6.61 Å². The zero-order valence-electron chi connectivity index (χ0n) is 9.72. The van der Waals surface area contributed by atoms with Gasteiger partial charge in [0.15, 0.2) is 0 Å². The second-order valence-corrected chi connectivity index (χ2v) is 2.88. The molecule has 0 radical (unpaired) electrons. The molecule has 0 spiro atoms. The van der Waals surface area contributed by atoms with Crippen LogP contribution in [0.25, 0.3) is 0 Å². The van der Waals surface area contributed by atoms with Crippen molar-refractivity contribution in [3.8, 4) is 0 Å². The van der Waals surface area contributed by atoms with E-state index in [0.717, 1.165) is 5.56 Å². The van der Waals surface area contributed by atoms with E-state index >= 15 is 0 Å². The number of carbonyl (C=O) groups is 1. The van der Waals surface area contributed by atoms with E-state index in [9.17, 15) is 4.79 Å². The number of rotatable bonds is 4. The highest BCUT2D eigenvalue weighted by Crippen LogP contribution is 2.01. The monoisotopic (exact) mass is 225 g/mol. The summed E-state index contributed by atoms with van der Waals surface area (Å²) in [6, 6.07) is 8.34. The van der Waals surface area contributed by atoms with Gasteiger partial charge >= 0.3 is 5.97 Å². The van der Waals surface area contributed by atoms with Crippen LogP contribution in [0, 0.1) is 0 Å². The predicted octanol–water partition coefficient (Wildman–Crippen LogP) is 1.08. The Hall–Kier alpha value is -1.39. The Kier molecular flexibility index (Phi) is 8.11. The minimum atomic E-state index is -0.946. The first-order valence-electron chi connectivity index (χ1n) is 5.31. The molecule has 1 atom stereocenters. The van der Waals surface area contributed by atoms with Crippen LogP contribution >= 0.6 is 0 Å². The lowest BCUT2D eigenvalue weighted by Gasteiger charge is -2.08. The summed E-state index contributed by atoms with van der Waals surface area (Å²) >= 11 is 0. The smallest absolute Gasteiger partial charge is 0.325 e. The fourth-order valence-electron chi connectivity index (χ4n) is 0.910. The van der Waals surface area contributed by atoms with Crippen LogP contribution in [0.3, 0.4) is 0 Å². The number of nitrogens with two attached hydrogens (primary N) is 1. The Bertz CT molecular complexity index is 288. The number of aliphatic hydroxyl groups is 1. The van der Waals surface area contributed by atoms with Gasteiger partial charge in [-0.05, 0) is 5.56 Å². The zero-order chi connectivity index (χ0) is 12.4. The second kappa shape index (κ2) is 8.88. The Morgan fingerprint density at radius 1 is 1.38 bits per heavy atom.